The van der Waals surface area contributed by atoms with E-state index in [1.165, 1.54) is 11.3 Å². The summed E-state index contributed by atoms with van der Waals surface area (Å²) < 4.78 is 0. The fourth-order valence-electron chi connectivity index (χ4n) is 2.39. The lowest BCUT2D eigenvalue weighted by molar-refractivity contribution is 0.0697. The number of hydrogen-bond donors (Lipinski definition) is 1. The Morgan fingerprint density at radius 2 is 1.84 bits per heavy atom. The van der Waals surface area contributed by atoms with Crippen LogP contribution in [0.1, 0.15) is 31.4 Å². The van der Waals surface area contributed by atoms with E-state index in [4.69, 9.17) is 11.6 Å². The normalized spacial score (nSPS) is 10.6. The molecule has 0 saturated heterocycles. The first-order chi connectivity index (χ1) is 12.0. The number of aromatic carboxylic acids is 1. The zero-order valence-electron chi connectivity index (χ0n) is 13.2. The molecule has 0 atom stereocenters. The average molecular weight is 373 g/mol. The maximum atomic E-state index is 12.4. The minimum absolute atomic E-state index is 0.0301. The number of rotatable bonds is 5. The average Bonchev–Trinajstić information content (AvgIpc) is 3.00. The first-order valence-electron chi connectivity index (χ1n) is 7.39. The largest absolute Gasteiger partial charge is 0.478 e. The highest BCUT2D eigenvalue weighted by Gasteiger charge is 2.22. The molecule has 0 aliphatic heterocycles. The number of nitrogens with zero attached hydrogens (tertiary/aromatic N) is 2. The van der Waals surface area contributed by atoms with Gasteiger partial charge in [-0.15, -0.1) is 16.4 Å². The molecule has 3 aromatic rings. The summed E-state index contributed by atoms with van der Waals surface area (Å²) in [5.74, 6) is -1.33. The Kier molecular flexibility index (Phi) is 4.92. The number of ketones is 1. The quantitative estimate of drug-likeness (QED) is 0.676. The van der Waals surface area contributed by atoms with Crippen molar-refractivity contribution in [3.8, 4) is 11.1 Å². The van der Waals surface area contributed by atoms with Gasteiger partial charge < -0.3 is 5.11 Å². The molecule has 0 fully saturated rings. The van der Waals surface area contributed by atoms with Crippen molar-refractivity contribution in [2.45, 2.75) is 13.3 Å². The van der Waals surface area contributed by atoms with Gasteiger partial charge in [-0.1, -0.05) is 23.7 Å². The molecule has 0 amide bonds. The van der Waals surface area contributed by atoms with Crippen LogP contribution in [0.3, 0.4) is 0 Å². The van der Waals surface area contributed by atoms with Crippen LogP contribution in [0.2, 0.25) is 5.02 Å². The highest BCUT2D eigenvalue weighted by atomic mass is 35.5. The molecule has 5 nitrogen and oxygen atoms in total. The topological polar surface area (TPSA) is 80.2 Å². The van der Waals surface area contributed by atoms with Crippen molar-refractivity contribution in [1.29, 1.82) is 0 Å². The van der Waals surface area contributed by atoms with Crippen LogP contribution in [0.25, 0.3) is 11.1 Å². The molecule has 0 aliphatic carbocycles. The van der Waals surface area contributed by atoms with Gasteiger partial charge >= 0.3 is 5.97 Å². The third-order valence-electron chi connectivity index (χ3n) is 3.64. The number of hydrogen-bond acceptors (Lipinski definition) is 5. The standard InChI is InChI=1S/C18H13ClN2O3S/c1-10-2-7-14(21-20-10)15(22)8-16-17(18(23)24)13(9-25-16)11-3-5-12(19)6-4-11/h2-7,9H,8H2,1H3,(H,23,24). The summed E-state index contributed by atoms with van der Waals surface area (Å²) in [6.07, 6.45) is -0.0301. The van der Waals surface area contributed by atoms with E-state index in [2.05, 4.69) is 10.2 Å². The second-order valence-corrected chi connectivity index (χ2v) is 6.82. The van der Waals surface area contributed by atoms with Crippen molar-refractivity contribution < 1.29 is 14.7 Å². The van der Waals surface area contributed by atoms with E-state index < -0.39 is 5.97 Å². The minimum Gasteiger partial charge on any atom is -0.478 e. The fourth-order valence-corrected chi connectivity index (χ4v) is 3.56. The number of benzene rings is 1. The highest BCUT2D eigenvalue weighted by Crippen LogP contribution is 2.33. The summed E-state index contributed by atoms with van der Waals surface area (Å²) in [6, 6.07) is 10.2. The fraction of sp³-hybridized carbons (Fsp3) is 0.111. The van der Waals surface area contributed by atoms with Crippen LogP contribution in [0, 0.1) is 6.92 Å². The van der Waals surface area contributed by atoms with Crippen LogP contribution in [0.5, 0.6) is 0 Å². The number of carbonyl (C=O) groups excluding carboxylic acids is 1. The van der Waals surface area contributed by atoms with E-state index in [9.17, 15) is 14.7 Å². The highest BCUT2D eigenvalue weighted by molar-refractivity contribution is 7.11. The predicted octanol–water partition coefficient (Wildman–Crippen LogP) is 4.29. The van der Waals surface area contributed by atoms with E-state index in [1.807, 2.05) is 0 Å². The van der Waals surface area contributed by atoms with Crippen LogP contribution >= 0.6 is 22.9 Å². The number of carbonyl (C=O) groups is 2. The van der Waals surface area contributed by atoms with Gasteiger partial charge in [-0.25, -0.2) is 4.79 Å². The lowest BCUT2D eigenvalue weighted by Crippen LogP contribution is -2.09. The van der Waals surface area contributed by atoms with Gasteiger partial charge in [0.05, 0.1) is 11.3 Å². The number of carboxylic acids is 1. The summed E-state index contributed by atoms with van der Waals surface area (Å²) >= 11 is 7.13. The van der Waals surface area contributed by atoms with Gasteiger partial charge in [-0.3, -0.25) is 4.79 Å². The van der Waals surface area contributed by atoms with Crippen molar-refractivity contribution in [2.75, 3.05) is 0 Å². The summed E-state index contributed by atoms with van der Waals surface area (Å²) in [5, 5.41) is 19.7. The van der Waals surface area contributed by atoms with Crippen LogP contribution in [-0.4, -0.2) is 27.1 Å². The Morgan fingerprint density at radius 3 is 2.44 bits per heavy atom. The van der Waals surface area contributed by atoms with Gasteiger partial charge in [0.2, 0.25) is 0 Å². The number of halogens is 1. The van der Waals surface area contributed by atoms with Gasteiger partial charge in [0.15, 0.2) is 5.78 Å². The van der Waals surface area contributed by atoms with Crippen molar-refractivity contribution in [3.63, 3.8) is 0 Å². The Balaban J connectivity index is 1.94. The Bertz CT molecular complexity index is 934. The van der Waals surface area contributed by atoms with Gasteiger partial charge in [-0.05, 0) is 42.1 Å². The third kappa shape index (κ3) is 3.75. The molecule has 0 bridgehead atoms. The van der Waals surface area contributed by atoms with E-state index in [0.29, 0.717) is 21.2 Å². The molecule has 25 heavy (non-hydrogen) atoms. The minimum atomic E-state index is -1.07. The van der Waals surface area contributed by atoms with Crippen LogP contribution in [0.4, 0.5) is 0 Å². The molecule has 0 saturated carbocycles. The molecule has 1 aromatic carbocycles. The van der Waals surface area contributed by atoms with Crippen molar-refractivity contribution in [3.05, 3.63) is 68.6 Å². The molecule has 7 heteroatoms. The second-order valence-electron chi connectivity index (χ2n) is 5.42. The zero-order chi connectivity index (χ0) is 18.0. The second kappa shape index (κ2) is 7.13. The molecule has 126 valence electrons. The van der Waals surface area contributed by atoms with Crippen molar-refractivity contribution >= 4 is 34.7 Å². The SMILES string of the molecule is Cc1ccc(C(=O)Cc2scc(-c3ccc(Cl)cc3)c2C(=O)O)nn1. The molecular formula is C18H13ClN2O3S. The van der Waals surface area contributed by atoms with Gasteiger partial charge in [-0.2, -0.15) is 5.10 Å². The van der Waals surface area contributed by atoms with E-state index in [0.717, 1.165) is 5.56 Å². The molecule has 0 aliphatic rings. The zero-order valence-corrected chi connectivity index (χ0v) is 14.8. The Hall–Kier alpha value is -2.57. The molecule has 0 radical (unpaired) electrons. The molecule has 0 unspecified atom stereocenters. The Morgan fingerprint density at radius 1 is 1.12 bits per heavy atom. The number of carboxylic acid groups (broad SMARTS) is 1. The van der Waals surface area contributed by atoms with E-state index in [1.54, 1.807) is 48.7 Å². The van der Waals surface area contributed by atoms with Gasteiger partial charge in [0.25, 0.3) is 0 Å². The number of Topliss-reactive ketones (excluding diaryl/α,β-unsaturated/α-hetero) is 1. The van der Waals surface area contributed by atoms with Crippen LogP contribution < -0.4 is 0 Å². The van der Waals surface area contributed by atoms with E-state index >= 15 is 0 Å². The number of aromatic nitrogens is 2. The molecule has 2 aromatic heterocycles. The van der Waals surface area contributed by atoms with Crippen molar-refractivity contribution in [2.24, 2.45) is 0 Å². The third-order valence-corrected chi connectivity index (χ3v) is 4.88. The molecule has 2 heterocycles. The monoisotopic (exact) mass is 372 g/mol. The smallest absolute Gasteiger partial charge is 0.337 e. The summed E-state index contributed by atoms with van der Waals surface area (Å²) in [5.41, 5.74) is 2.40. The molecule has 1 N–H and O–H groups in total. The maximum absolute atomic E-state index is 12.4. The first kappa shape index (κ1) is 17.3. The van der Waals surface area contributed by atoms with Gasteiger partial charge in [0.1, 0.15) is 5.69 Å². The number of thiophene rings is 1. The first-order valence-corrected chi connectivity index (χ1v) is 8.64. The summed E-state index contributed by atoms with van der Waals surface area (Å²) in [6.45, 7) is 1.78. The van der Waals surface area contributed by atoms with Crippen LogP contribution in [0.15, 0.2) is 41.8 Å². The molecular weight excluding hydrogens is 360 g/mol. The van der Waals surface area contributed by atoms with Crippen LogP contribution in [-0.2, 0) is 6.42 Å². The predicted molar refractivity (Wildman–Crippen MR) is 96.5 cm³/mol. The van der Waals surface area contributed by atoms with Crippen molar-refractivity contribution in [1.82, 2.24) is 10.2 Å². The lowest BCUT2D eigenvalue weighted by atomic mass is 10.0. The number of aryl methyl sites for hydroxylation is 1. The Labute approximate surface area is 152 Å². The summed E-state index contributed by atoms with van der Waals surface area (Å²) in [4.78, 5) is 24.6. The molecule has 0 spiro atoms. The maximum Gasteiger partial charge on any atom is 0.337 e. The van der Waals surface area contributed by atoms with E-state index in [-0.39, 0.29) is 23.5 Å². The van der Waals surface area contributed by atoms with Gasteiger partial charge in [0, 0.05) is 21.9 Å². The summed E-state index contributed by atoms with van der Waals surface area (Å²) in [7, 11) is 0. The lowest BCUT2D eigenvalue weighted by Gasteiger charge is -2.04. The molecule has 3 rings (SSSR count).